The van der Waals surface area contributed by atoms with Crippen LogP contribution in [0.3, 0.4) is 0 Å². The molecule has 88 valence electrons. The molecule has 0 aromatic heterocycles. The number of esters is 1. The van der Waals surface area contributed by atoms with Gasteiger partial charge in [-0.1, -0.05) is 12.1 Å². The van der Waals surface area contributed by atoms with Crippen LogP contribution in [0.15, 0.2) is 18.2 Å². The number of hydrogen-bond acceptors (Lipinski definition) is 4. The quantitative estimate of drug-likeness (QED) is 0.793. The minimum absolute atomic E-state index is 0.0983. The Morgan fingerprint density at radius 2 is 2.18 bits per heavy atom. The van der Waals surface area contributed by atoms with E-state index in [1.54, 1.807) is 12.1 Å². The molecule has 0 bridgehead atoms. The summed E-state index contributed by atoms with van der Waals surface area (Å²) in [5.41, 5.74) is 0.858. The van der Waals surface area contributed by atoms with Crippen LogP contribution in [0.5, 0.6) is 0 Å². The normalized spacial score (nSPS) is 9.41. The van der Waals surface area contributed by atoms with Crippen molar-refractivity contribution in [3.8, 4) is 6.07 Å². The Labute approximate surface area is 98.2 Å². The Bertz CT molecular complexity index is 488. The van der Waals surface area contributed by atoms with E-state index in [2.05, 4.69) is 4.74 Å². The summed E-state index contributed by atoms with van der Waals surface area (Å²) in [6, 6.07) is 6.62. The molecule has 0 radical (unpaired) electrons. The highest BCUT2D eigenvalue weighted by Gasteiger charge is 2.17. The van der Waals surface area contributed by atoms with Crippen molar-refractivity contribution in [3.63, 3.8) is 0 Å². The van der Waals surface area contributed by atoms with Crippen LogP contribution < -0.4 is 0 Å². The lowest BCUT2D eigenvalue weighted by atomic mass is 9.98. The monoisotopic (exact) mass is 233 g/mol. The van der Waals surface area contributed by atoms with Crippen molar-refractivity contribution in [2.75, 3.05) is 7.11 Å². The van der Waals surface area contributed by atoms with Crippen molar-refractivity contribution >= 4 is 11.9 Å². The zero-order valence-corrected chi connectivity index (χ0v) is 9.27. The van der Waals surface area contributed by atoms with Gasteiger partial charge in [-0.25, -0.2) is 4.79 Å². The van der Waals surface area contributed by atoms with Crippen molar-refractivity contribution in [1.82, 2.24) is 0 Å². The van der Waals surface area contributed by atoms with Crippen LogP contribution in [0.1, 0.15) is 27.9 Å². The summed E-state index contributed by atoms with van der Waals surface area (Å²) in [5, 5.41) is 17.5. The zero-order chi connectivity index (χ0) is 12.8. The van der Waals surface area contributed by atoms with E-state index in [0.717, 1.165) is 0 Å². The van der Waals surface area contributed by atoms with Gasteiger partial charge in [0.25, 0.3) is 0 Å². The van der Waals surface area contributed by atoms with Crippen molar-refractivity contribution in [1.29, 1.82) is 5.26 Å². The molecule has 5 heteroatoms. The topological polar surface area (TPSA) is 87.4 Å². The standard InChI is InChI=1S/C12H11NO4/c1-17-12(16)11-8(5-6-10(14)15)3-2-4-9(11)7-13/h2-4H,5-6H2,1H3,(H,14,15). The van der Waals surface area contributed by atoms with Crippen molar-refractivity contribution in [3.05, 3.63) is 34.9 Å². The maximum absolute atomic E-state index is 11.5. The molecule has 0 saturated heterocycles. The Morgan fingerprint density at radius 1 is 1.47 bits per heavy atom. The summed E-state index contributed by atoms with van der Waals surface area (Å²) in [6.45, 7) is 0. The smallest absolute Gasteiger partial charge is 0.339 e. The van der Waals surface area contributed by atoms with Crippen LogP contribution in [0.25, 0.3) is 0 Å². The summed E-state index contributed by atoms with van der Waals surface area (Å²) in [7, 11) is 1.22. The van der Waals surface area contributed by atoms with E-state index in [4.69, 9.17) is 10.4 Å². The number of nitriles is 1. The Hall–Kier alpha value is -2.35. The second kappa shape index (κ2) is 5.66. The first-order valence-corrected chi connectivity index (χ1v) is 4.92. The average Bonchev–Trinajstić information content (AvgIpc) is 2.34. The zero-order valence-electron chi connectivity index (χ0n) is 9.27. The lowest BCUT2D eigenvalue weighted by Gasteiger charge is -2.08. The van der Waals surface area contributed by atoms with Gasteiger partial charge >= 0.3 is 11.9 Å². The molecule has 0 fully saturated rings. The van der Waals surface area contributed by atoms with Gasteiger partial charge in [0.2, 0.25) is 0 Å². The number of rotatable bonds is 4. The minimum Gasteiger partial charge on any atom is -0.481 e. The van der Waals surface area contributed by atoms with Gasteiger partial charge in [-0.15, -0.1) is 0 Å². The fourth-order valence-electron chi connectivity index (χ4n) is 1.49. The summed E-state index contributed by atoms with van der Waals surface area (Å²) in [5.74, 6) is -1.58. The number of aliphatic carboxylic acids is 1. The van der Waals surface area contributed by atoms with Gasteiger partial charge in [0.1, 0.15) is 6.07 Å². The number of ether oxygens (including phenoxy) is 1. The fourth-order valence-corrected chi connectivity index (χ4v) is 1.49. The van der Waals surface area contributed by atoms with Gasteiger partial charge < -0.3 is 9.84 Å². The number of carbonyl (C=O) groups is 2. The molecular weight excluding hydrogens is 222 g/mol. The molecule has 0 aliphatic heterocycles. The maximum atomic E-state index is 11.5. The van der Waals surface area contributed by atoms with E-state index in [9.17, 15) is 9.59 Å². The number of benzene rings is 1. The van der Waals surface area contributed by atoms with Crippen LogP contribution in [0.4, 0.5) is 0 Å². The van der Waals surface area contributed by atoms with Gasteiger partial charge in [-0.05, 0) is 18.1 Å². The minimum atomic E-state index is -0.955. The number of nitrogens with zero attached hydrogens (tertiary/aromatic N) is 1. The van der Waals surface area contributed by atoms with Crippen LogP contribution in [-0.4, -0.2) is 24.2 Å². The lowest BCUT2D eigenvalue weighted by molar-refractivity contribution is -0.136. The number of carboxylic acids is 1. The van der Waals surface area contributed by atoms with Crippen LogP contribution in [0.2, 0.25) is 0 Å². The van der Waals surface area contributed by atoms with E-state index >= 15 is 0 Å². The largest absolute Gasteiger partial charge is 0.481 e. The number of methoxy groups -OCH3 is 1. The number of carbonyl (C=O) groups excluding carboxylic acids is 1. The van der Waals surface area contributed by atoms with Gasteiger partial charge in [0.05, 0.1) is 18.2 Å². The molecule has 0 amide bonds. The lowest BCUT2D eigenvalue weighted by Crippen LogP contribution is -2.10. The fraction of sp³-hybridized carbons (Fsp3) is 0.250. The number of aryl methyl sites for hydroxylation is 1. The summed E-state index contributed by atoms with van der Waals surface area (Å²) >= 11 is 0. The molecule has 0 heterocycles. The predicted molar refractivity (Wildman–Crippen MR) is 58.5 cm³/mol. The van der Waals surface area contributed by atoms with Gasteiger partial charge in [-0.2, -0.15) is 5.26 Å². The molecule has 0 atom stereocenters. The third-order valence-corrected chi connectivity index (χ3v) is 2.27. The van der Waals surface area contributed by atoms with Crippen molar-refractivity contribution in [2.45, 2.75) is 12.8 Å². The predicted octanol–water partition coefficient (Wildman–Crippen LogP) is 1.36. The Balaban J connectivity index is 3.16. The van der Waals surface area contributed by atoms with E-state index in [1.807, 2.05) is 6.07 Å². The van der Waals surface area contributed by atoms with E-state index in [1.165, 1.54) is 13.2 Å². The highest BCUT2D eigenvalue weighted by atomic mass is 16.5. The van der Waals surface area contributed by atoms with Crippen molar-refractivity contribution in [2.24, 2.45) is 0 Å². The summed E-state index contributed by atoms with van der Waals surface area (Å²) < 4.78 is 4.59. The first-order chi connectivity index (χ1) is 8.10. The molecule has 0 aliphatic carbocycles. The second-order valence-corrected chi connectivity index (χ2v) is 3.34. The molecule has 5 nitrogen and oxygen atoms in total. The molecule has 1 N–H and O–H groups in total. The van der Waals surface area contributed by atoms with Crippen LogP contribution in [0, 0.1) is 11.3 Å². The average molecular weight is 233 g/mol. The van der Waals surface area contributed by atoms with Crippen molar-refractivity contribution < 1.29 is 19.4 Å². The SMILES string of the molecule is COC(=O)c1c(C#N)cccc1CCC(=O)O. The summed E-state index contributed by atoms with van der Waals surface area (Å²) in [4.78, 5) is 22.0. The van der Waals surface area contributed by atoms with E-state index < -0.39 is 11.9 Å². The summed E-state index contributed by atoms with van der Waals surface area (Å²) in [6.07, 6.45) is 0.0914. The number of carboxylic acid groups (broad SMARTS) is 1. The molecule has 17 heavy (non-hydrogen) atoms. The molecule has 0 saturated carbocycles. The third-order valence-electron chi connectivity index (χ3n) is 2.27. The van der Waals surface area contributed by atoms with E-state index in [-0.39, 0.29) is 24.0 Å². The molecule has 1 aromatic carbocycles. The highest BCUT2D eigenvalue weighted by molar-refractivity contribution is 5.94. The van der Waals surface area contributed by atoms with Gasteiger partial charge in [0, 0.05) is 6.42 Å². The molecule has 1 rings (SSSR count). The van der Waals surface area contributed by atoms with Gasteiger partial charge in [0.15, 0.2) is 0 Å². The second-order valence-electron chi connectivity index (χ2n) is 3.34. The highest BCUT2D eigenvalue weighted by Crippen LogP contribution is 2.17. The molecule has 0 spiro atoms. The van der Waals surface area contributed by atoms with Gasteiger partial charge in [-0.3, -0.25) is 4.79 Å². The first-order valence-electron chi connectivity index (χ1n) is 4.92. The molecule has 0 unspecified atom stereocenters. The third kappa shape index (κ3) is 3.05. The Morgan fingerprint density at radius 3 is 2.71 bits per heavy atom. The molecule has 1 aromatic rings. The first kappa shape index (κ1) is 12.7. The maximum Gasteiger partial charge on any atom is 0.339 e. The van der Waals surface area contributed by atoms with E-state index in [0.29, 0.717) is 5.56 Å². The Kier molecular flexibility index (Phi) is 4.23. The molecule has 0 aliphatic rings. The number of hydrogen-bond donors (Lipinski definition) is 1. The van der Waals surface area contributed by atoms with Crippen LogP contribution >= 0.6 is 0 Å². The molecular formula is C12H11NO4. The van der Waals surface area contributed by atoms with Crippen LogP contribution in [-0.2, 0) is 16.0 Å².